The summed E-state index contributed by atoms with van der Waals surface area (Å²) in [6, 6.07) is 5.03. The number of benzene rings is 1. The standard InChI is InChI=1S/C12H19BO4/c1-3-4-7-17-9-10-8-11(13(14)15)5-6-12(10)16-2/h5-6,8,14-15H,3-4,7,9H2,1-2H3. The molecule has 0 aromatic heterocycles. The van der Waals surface area contributed by atoms with Crippen LogP contribution >= 0.6 is 0 Å². The van der Waals surface area contributed by atoms with Gasteiger partial charge in [0.05, 0.1) is 13.7 Å². The first-order valence-corrected chi connectivity index (χ1v) is 5.79. The van der Waals surface area contributed by atoms with E-state index in [1.165, 1.54) is 0 Å². The molecular formula is C12H19BO4. The Bertz CT molecular complexity index is 341. The summed E-state index contributed by atoms with van der Waals surface area (Å²) < 4.78 is 10.7. The summed E-state index contributed by atoms with van der Waals surface area (Å²) in [7, 11) is 0.121. The fourth-order valence-electron chi connectivity index (χ4n) is 1.50. The summed E-state index contributed by atoms with van der Waals surface area (Å²) in [5, 5.41) is 18.2. The molecule has 5 heteroatoms. The quantitative estimate of drug-likeness (QED) is 0.542. The molecule has 0 aliphatic heterocycles. The molecular weight excluding hydrogens is 219 g/mol. The van der Waals surface area contributed by atoms with Crippen molar-refractivity contribution >= 4 is 12.6 Å². The van der Waals surface area contributed by atoms with Crippen molar-refractivity contribution in [1.29, 1.82) is 0 Å². The van der Waals surface area contributed by atoms with E-state index in [0.717, 1.165) is 18.4 Å². The van der Waals surface area contributed by atoms with Crippen molar-refractivity contribution in [3.63, 3.8) is 0 Å². The van der Waals surface area contributed by atoms with Crippen LogP contribution in [0.4, 0.5) is 0 Å². The molecule has 0 atom stereocenters. The van der Waals surface area contributed by atoms with E-state index < -0.39 is 7.12 Å². The maximum atomic E-state index is 9.10. The van der Waals surface area contributed by atoms with Crippen LogP contribution in [0.25, 0.3) is 0 Å². The second kappa shape index (κ2) is 7.32. The monoisotopic (exact) mass is 238 g/mol. The molecule has 0 aliphatic rings. The molecule has 1 aromatic carbocycles. The lowest BCUT2D eigenvalue weighted by molar-refractivity contribution is 0.116. The zero-order valence-corrected chi connectivity index (χ0v) is 10.3. The maximum Gasteiger partial charge on any atom is 0.488 e. The Morgan fingerprint density at radius 2 is 2.06 bits per heavy atom. The summed E-state index contributed by atoms with van der Waals surface area (Å²) >= 11 is 0. The van der Waals surface area contributed by atoms with E-state index in [4.69, 9.17) is 19.5 Å². The minimum absolute atomic E-state index is 0.420. The highest BCUT2D eigenvalue weighted by Gasteiger charge is 2.13. The first-order chi connectivity index (χ1) is 8.19. The Morgan fingerprint density at radius 1 is 1.29 bits per heavy atom. The Kier molecular flexibility index (Phi) is 6.04. The van der Waals surface area contributed by atoms with Crippen LogP contribution in [0.1, 0.15) is 25.3 Å². The van der Waals surface area contributed by atoms with Gasteiger partial charge in [-0.15, -0.1) is 0 Å². The Balaban J connectivity index is 2.69. The van der Waals surface area contributed by atoms with Crippen LogP contribution in [-0.4, -0.2) is 30.9 Å². The van der Waals surface area contributed by atoms with Crippen LogP contribution < -0.4 is 10.2 Å². The van der Waals surface area contributed by atoms with Gasteiger partial charge in [-0.2, -0.15) is 0 Å². The zero-order valence-electron chi connectivity index (χ0n) is 10.3. The van der Waals surface area contributed by atoms with E-state index in [1.54, 1.807) is 25.3 Å². The molecule has 0 fully saturated rings. The van der Waals surface area contributed by atoms with Gasteiger partial charge in [0.25, 0.3) is 0 Å². The van der Waals surface area contributed by atoms with E-state index in [1.807, 2.05) is 0 Å². The lowest BCUT2D eigenvalue weighted by Gasteiger charge is -2.11. The second-order valence-electron chi connectivity index (χ2n) is 3.85. The lowest BCUT2D eigenvalue weighted by atomic mass is 9.79. The third kappa shape index (κ3) is 4.38. The average Bonchev–Trinajstić information content (AvgIpc) is 2.34. The number of unbranched alkanes of at least 4 members (excludes halogenated alkanes) is 1. The topological polar surface area (TPSA) is 58.9 Å². The predicted octanol–water partition coefficient (Wildman–Crippen LogP) is 0.692. The van der Waals surface area contributed by atoms with Crippen LogP contribution in [-0.2, 0) is 11.3 Å². The fourth-order valence-corrected chi connectivity index (χ4v) is 1.50. The van der Waals surface area contributed by atoms with Gasteiger partial charge in [0.1, 0.15) is 5.75 Å². The average molecular weight is 238 g/mol. The van der Waals surface area contributed by atoms with Gasteiger partial charge in [0.15, 0.2) is 0 Å². The molecule has 0 aliphatic carbocycles. The van der Waals surface area contributed by atoms with E-state index in [2.05, 4.69) is 6.92 Å². The number of rotatable bonds is 7. The van der Waals surface area contributed by atoms with Crippen molar-refractivity contribution in [2.24, 2.45) is 0 Å². The second-order valence-corrected chi connectivity index (χ2v) is 3.85. The van der Waals surface area contributed by atoms with Gasteiger partial charge in [-0.3, -0.25) is 0 Å². The fraction of sp³-hybridized carbons (Fsp3) is 0.500. The summed E-state index contributed by atoms with van der Waals surface area (Å²) in [5.41, 5.74) is 1.27. The van der Waals surface area contributed by atoms with E-state index in [9.17, 15) is 0 Å². The summed E-state index contributed by atoms with van der Waals surface area (Å²) in [6.07, 6.45) is 2.11. The van der Waals surface area contributed by atoms with Gasteiger partial charge < -0.3 is 19.5 Å². The molecule has 1 aromatic rings. The summed E-state index contributed by atoms with van der Waals surface area (Å²) in [5.74, 6) is 0.700. The first kappa shape index (κ1) is 14.0. The molecule has 0 saturated heterocycles. The highest BCUT2D eigenvalue weighted by molar-refractivity contribution is 6.58. The normalized spacial score (nSPS) is 10.4. The lowest BCUT2D eigenvalue weighted by Crippen LogP contribution is -2.30. The number of methoxy groups -OCH3 is 1. The van der Waals surface area contributed by atoms with Crippen LogP contribution in [0, 0.1) is 0 Å². The Morgan fingerprint density at radius 3 is 2.65 bits per heavy atom. The molecule has 0 unspecified atom stereocenters. The van der Waals surface area contributed by atoms with Gasteiger partial charge in [0.2, 0.25) is 0 Å². The van der Waals surface area contributed by atoms with Crippen molar-refractivity contribution in [3.05, 3.63) is 23.8 Å². The number of hydrogen-bond acceptors (Lipinski definition) is 4. The molecule has 0 bridgehead atoms. The van der Waals surface area contributed by atoms with Gasteiger partial charge in [-0.25, -0.2) is 0 Å². The maximum absolute atomic E-state index is 9.10. The molecule has 1 rings (SSSR count). The summed E-state index contributed by atoms with van der Waals surface area (Å²) in [6.45, 7) is 3.22. The third-order valence-electron chi connectivity index (χ3n) is 2.50. The van der Waals surface area contributed by atoms with Gasteiger partial charge >= 0.3 is 7.12 Å². The molecule has 0 radical (unpaired) electrons. The van der Waals surface area contributed by atoms with E-state index >= 15 is 0 Å². The van der Waals surface area contributed by atoms with Crippen LogP contribution in [0.15, 0.2) is 18.2 Å². The highest BCUT2D eigenvalue weighted by atomic mass is 16.5. The van der Waals surface area contributed by atoms with E-state index in [0.29, 0.717) is 24.4 Å². The van der Waals surface area contributed by atoms with Crippen molar-refractivity contribution in [2.45, 2.75) is 26.4 Å². The van der Waals surface area contributed by atoms with Gasteiger partial charge in [-0.05, 0) is 17.9 Å². The zero-order chi connectivity index (χ0) is 12.7. The molecule has 4 nitrogen and oxygen atoms in total. The molecule has 94 valence electrons. The van der Waals surface area contributed by atoms with Crippen molar-refractivity contribution in [3.8, 4) is 5.75 Å². The van der Waals surface area contributed by atoms with Crippen molar-refractivity contribution < 1.29 is 19.5 Å². The number of hydrogen-bond donors (Lipinski definition) is 2. The number of ether oxygens (including phenoxy) is 2. The van der Waals surface area contributed by atoms with Gasteiger partial charge in [-0.1, -0.05) is 25.5 Å². The molecule has 0 saturated carbocycles. The van der Waals surface area contributed by atoms with Crippen LogP contribution in [0.2, 0.25) is 0 Å². The van der Waals surface area contributed by atoms with E-state index in [-0.39, 0.29) is 0 Å². The molecule has 2 N–H and O–H groups in total. The van der Waals surface area contributed by atoms with Crippen molar-refractivity contribution in [1.82, 2.24) is 0 Å². The van der Waals surface area contributed by atoms with Crippen LogP contribution in [0.3, 0.4) is 0 Å². The summed E-state index contributed by atoms with van der Waals surface area (Å²) in [4.78, 5) is 0. The molecule has 0 heterocycles. The minimum atomic E-state index is -1.46. The Labute approximate surface area is 102 Å². The predicted molar refractivity (Wildman–Crippen MR) is 67.4 cm³/mol. The highest BCUT2D eigenvalue weighted by Crippen LogP contribution is 2.17. The molecule has 17 heavy (non-hydrogen) atoms. The Hall–Kier alpha value is -1.04. The third-order valence-corrected chi connectivity index (χ3v) is 2.50. The van der Waals surface area contributed by atoms with Crippen molar-refractivity contribution in [2.75, 3.05) is 13.7 Å². The molecule has 0 spiro atoms. The smallest absolute Gasteiger partial charge is 0.488 e. The first-order valence-electron chi connectivity index (χ1n) is 5.79. The molecule has 0 amide bonds. The van der Waals surface area contributed by atoms with Gasteiger partial charge in [0, 0.05) is 12.2 Å². The minimum Gasteiger partial charge on any atom is -0.496 e. The van der Waals surface area contributed by atoms with Crippen LogP contribution in [0.5, 0.6) is 5.75 Å². The largest absolute Gasteiger partial charge is 0.496 e. The SMILES string of the molecule is CCCCOCc1cc(B(O)O)ccc1OC.